The van der Waals surface area contributed by atoms with E-state index in [2.05, 4.69) is 10.7 Å². The van der Waals surface area contributed by atoms with Gasteiger partial charge in [0.15, 0.2) is 6.10 Å². The van der Waals surface area contributed by atoms with Gasteiger partial charge in [0.25, 0.3) is 0 Å². The molecule has 0 aliphatic carbocycles. The standard InChI is InChI=1S/C3H7NO4/c4-8-3(7)2(6)1-5/h2,5-6H,1,4H2. The summed E-state index contributed by atoms with van der Waals surface area (Å²) >= 11 is 0. The fraction of sp³-hybridized carbons (Fsp3) is 0.667. The number of carbonyl (C=O) groups is 1. The van der Waals surface area contributed by atoms with Crippen molar-refractivity contribution in [1.29, 1.82) is 0 Å². The summed E-state index contributed by atoms with van der Waals surface area (Å²) in [5, 5.41) is 16.4. The Hall–Kier alpha value is -0.650. The van der Waals surface area contributed by atoms with Gasteiger partial charge in [0.05, 0.1) is 6.61 Å². The molecule has 5 nitrogen and oxygen atoms in total. The van der Waals surface area contributed by atoms with Crippen LogP contribution in [-0.4, -0.2) is 28.9 Å². The molecule has 0 spiro atoms. The number of aliphatic hydroxyl groups excluding tert-OH is 2. The Morgan fingerprint density at radius 1 is 1.88 bits per heavy atom. The molecule has 0 rings (SSSR count). The Kier molecular flexibility index (Phi) is 3.09. The Morgan fingerprint density at radius 2 is 2.38 bits per heavy atom. The lowest BCUT2D eigenvalue weighted by molar-refractivity contribution is -0.156. The van der Waals surface area contributed by atoms with Crippen LogP contribution in [0.25, 0.3) is 0 Å². The summed E-state index contributed by atoms with van der Waals surface area (Å²) in [6.45, 7) is -0.671. The Morgan fingerprint density at radius 3 is 2.50 bits per heavy atom. The number of carbonyl (C=O) groups excluding carboxylic acids is 1. The Bertz CT molecular complexity index is 83.4. The van der Waals surface area contributed by atoms with E-state index in [0.29, 0.717) is 0 Å². The lowest BCUT2D eigenvalue weighted by Crippen LogP contribution is -2.28. The summed E-state index contributed by atoms with van der Waals surface area (Å²) in [6.07, 6.45) is -1.51. The monoisotopic (exact) mass is 121 g/mol. The van der Waals surface area contributed by atoms with Gasteiger partial charge in [0.1, 0.15) is 0 Å². The molecule has 0 aromatic carbocycles. The number of aliphatic hydroxyl groups is 2. The second-order valence-corrected chi connectivity index (χ2v) is 1.14. The average Bonchev–Trinajstić information content (AvgIpc) is 1.84. The van der Waals surface area contributed by atoms with Gasteiger partial charge in [0, 0.05) is 0 Å². The summed E-state index contributed by atoms with van der Waals surface area (Å²) in [7, 11) is 0. The molecule has 0 aromatic heterocycles. The van der Waals surface area contributed by atoms with Gasteiger partial charge in [-0.2, -0.15) is 5.90 Å². The van der Waals surface area contributed by atoms with Gasteiger partial charge in [0.2, 0.25) is 0 Å². The SMILES string of the molecule is NOC(=O)C(O)CO. The van der Waals surface area contributed by atoms with Crippen molar-refractivity contribution in [3.8, 4) is 0 Å². The van der Waals surface area contributed by atoms with Gasteiger partial charge < -0.3 is 15.1 Å². The Labute approximate surface area is 45.6 Å². The lowest BCUT2D eigenvalue weighted by Gasteiger charge is -2.00. The van der Waals surface area contributed by atoms with Crippen LogP contribution < -0.4 is 5.90 Å². The normalized spacial score (nSPS) is 12.9. The van der Waals surface area contributed by atoms with Gasteiger partial charge >= 0.3 is 5.97 Å². The average molecular weight is 121 g/mol. The predicted octanol–water partition coefficient (Wildman–Crippen LogP) is -2.24. The first-order chi connectivity index (χ1) is 3.72. The molecule has 0 fully saturated rings. The first kappa shape index (κ1) is 7.35. The molecular formula is C3H7NO4. The zero-order valence-corrected chi connectivity index (χ0v) is 4.07. The van der Waals surface area contributed by atoms with Crippen LogP contribution in [0.15, 0.2) is 0 Å². The van der Waals surface area contributed by atoms with Crippen molar-refractivity contribution in [2.75, 3.05) is 6.61 Å². The third kappa shape index (κ3) is 1.87. The molecule has 0 amide bonds. The first-order valence-corrected chi connectivity index (χ1v) is 1.92. The second kappa shape index (κ2) is 3.36. The number of hydrogen-bond acceptors (Lipinski definition) is 5. The molecule has 0 bridgehead atoms. The highest BCUT2D eigenvalue weighted by molar-refractivity contribution is 5.73. The second-order valence-electron chi connectivity index (χ2n) is 1.14. The minimum Gasteiger partial charge on any atom is -0.393 e. The summed E-state index contributed by atoms with van der Waals surface area (Å²) in [5.41, 5.74) is 0. The van der Waals surface area contributed by atoms with Gasteiger partial charge in [-0.25, -0.2) is 4.79 Å². The van der Waals surface area contributed by atoms with Gasteiger partial charge in [-0.05, 0) is 0 Å². The van der Waals surface area contributed by atoms with Gasteiger partial charge in [-0.3, -0.25) is 0 Å². The summed E-state index contributed by atoms with van der Waals surface area (Å²) in [5.74, 6) is 3.29. The van der Waals surface area contributed by atoms with E-state index in [9.17, 15) is 4.79 Å². The zero-order chi connectivity index (χ0) is 6.57. The van der Waals surface area contributed by atoms with Crippen molar-refractivity contribution >= 4 is 5.97 Å². The van der Waals surface area contributed by atoms with Gasteiger partial charge in [-0.1, -0.05) is 0 Å². The van der Waals surface area contributed by atoms with Gasteiger partial charge in [-0.15, -0.1) is 0 Å². The van der Waals surface area contributed by atoms with Crippen LogP contribution in [0.5, 0.6) is 0 Å². The number of rotatable bonds is 2. The highest BCUT2D eigenvalue weighted by Crippen LogP contribution is 1.80. The van der Waals surface area contributed by atoms with Crippen LogP contribution in [0.4, 0.5) is 0 Å². The van der Waals surface area contributed by atoms with E-state index >= 15 is 0 Å². The molecule has 0 aliphatic heterocycles. The van der Waals surface area contributed by atoms with Crippen molar-refractivity contribution in [3.63, 3.8) is 0 Å². The third-order valence-corrected chi connectivity index (χ3v) is 0.561. The highest BCUT2D eigenvalue weighted by Gasteiger charge is 2.12. The molecule has 0 aromatic rings. The summed E-state index contributed by atoms with van der Waals surface area (Å²) in [6, 6.07) is 0. The van der Waals surface area contributed by atoms with E-state index in [-0.39, 0.29) is 0 Å². The highest BCUT2D eigenvalue weighted by atomic mass is 16.7. The fourth-order valence-electron chi connectivity index (χ4n) is 0.153. The first-order valence-electron chi connectivity index (χ1n) is 1.92. The fourth-order valence-corrected chi connectivity index (χ4v) is 0.153. The maximum Gasteiger partial charge on any atom is 0.355 e. The van der Waals surface area contributed by atoms with Crippen LogP contribution in [0.1, 0.15) is 0 Å². The summed E-state index contributed by atoms with van der Waals surface area (Å²) in [4.78, 5) is 13.5. The van der Waals surface area contributed by atoms with E-state index in [1.165, 1.54) is 0 Å². The van der Waals surface area contributed by atoms with E-state index in [4.69, 9.17) is 10.2 Å². The van der Waals surface area contributed by atoms with Crippen LogP contribution >= 0.6 is 0 Å². The lowest BCUT2D eigenvalue weighted by atomic mass is 10.4. The maximum atomic E-state index is 9.99. The quantitative estimate of drug-likeness (QED) is 0.359. The number of hydrogen-bond donors (Lipinski definition) is 3. The Balaban J connectivity index is 3.46. The van der Waals surface area contributed by atoms with E-state index in [0.717, 1.165) is 0 Å². The van der Waals surface area contributed by atoms with Crippen molar-refractivity contribution < 1.29 is 19.8 Å². The molecule has 0 radical (unpaired) electrons. The third-order valence-electron chi connectivity index (χ3n) is 0.561. The van der Waals surface area contributed by atoms with E-state index in [1.54, 1.807) is 0 Å². The van der Waals surface area contributed by atoms with Crippen LogP contribution in [-0.2, 0) is 9.63 Å². The molecule has 0 aliphatic rings. The van der Waals surface area contributed by atoms with E-state index < -0.39 is 18.7 Å². The molecular weight excluding hydrogens is 114 g/mol. The molecule has 8 heavy (non-hydrogen) atoms. The van der Waals surface area contributed by atoms with Crippen LogP contribution in [0.2, 0.25) is 0 Å². The molecule has 0 saturated carbocycles. The molecule has 0 heterocycles. The molecule has 4 N–H and O–H groups in total. The van der Waals surface area contributed by atoms with Crippen molar-refractivity contribution in [2.24, 2.45) is 5.90 Å². The smallest absolute Gasteiger partial charge is 0.355 e. The minimum absolute atomic E-state index is 0.671. The van der Waals surface area contributed by atoms with Crippen LogP contribution in [0.3, 0.4) is 0 Å². The largest absolute Gasteiger partial charge is 0.393 e. The van der Waals surface area contributed by atoms with Crippen molar-refractivity contribution in [3.05, 3.63) is 0 Å². The minimum atomic E-state index is -1.51. The topological polar surface area (TPSA) is 92.8 Å². The summed E-state index contributed by atoms with van der Waals surface area (Å²) < 4.78 is 0. The molecule has 5 heteroatoms. The van der Waals surface area contributed by atoms with Crippen molar-refractivity contribution in [2.45, 2.75) is 6.10 Å². The molecule has 0 saturated heterocycles. The maximum absolute atomic E-state index is 9.99. The zero-order valence-electron chi connectivity index (χ0n) is 4.07. The predicted molar refractivity (Wildman–Crippen MR) is 23.4 cm³/mol. The molecule has 1 atom stereocenters. The molecule has 48 valence electrons. The number of nitrogens with two attached hydrogens (primary N) is 1. The van der Waals surface area contributed by atoms with Crippen molar-refractivity contribution in [1.82, 2.24) is 0 Å². The van der Waals surface area contributed by atoms with Crippen LogP contribution in [0, 0.1) is 0 Å². The van der Waals surface area contributed by atoms with E-state index in [1.807, 2.05) is 0 Å². The molecule has 1 unspecified atom stereocenters.